The zero-order chi connectivity index (χ0) is 26.1. The predicted octanol–water partition coefficient (Wildman–Crippen LogP) is 5.63. The molecule has 0 N–H and O–H groups in total. The van der Waals surface area contributed by atoms with Crippen LogP contribution in [0, 0.1) is 31.0 Å². The van der Waals surface area contributed by atoms with Gasteiger partial charge in [-0.2, -0.15) is 5.26 Å². The second kappa shape index (κ2) is 9.78. The monoisotopic (exact) mass is 538 g/mol. The second-order valence-electron chi connectivity index (χ2n) is 7.97. The van der Waals surface area contributed by atoms with Gasteiger partial charge in [-0.15, -0.1) is 0 Å². The summed E-state index contributed by atoms with van der Waals surface area (Å²) >= 11 is 0.602. The van der Waals surface area contributed by atoms with E-state index in [1.165, 1.54) is 54.6 Å². The van der Waals surface area contributed by atoms with Crippen LogP contribution in [0.4, 0.5) is 4.39 Å². The van der Waals surface area contributed by atoms with Gasteiger partial charge in [-0.25, -0.2) is 26.2 Å². The van der Waals surface area contributed by atoms with E-state index < -0.39 is 34.7 Å². The van der Waals surface area contributed by atoms with E-state index in [1.807, 2.05) is 6.07 Å². The fraction of sp³-hybridized carbons (Fsp3) is 0.0769. The van der Waals surface area contributed by atoms with Crippen molar-refractivity contribution < 1.29 is 21.2 Å². The van der Waals surface area contributed by atoms with E-state index in [-0.39, 0.29) is 20.4 Å². The highest BCUT2D eigenvalue weighted by Crippen LogP contribution is 2.38. The Hall–Kier alpha value is -3.65. The number of benzene rings is 3. The van der Waals surface area contributed by atoms with Crippen LogP contribution in [0.2, 0.25) is 0 Å². The number of sulfone groups is 2. The molecule has 0 aliphatic rings. The molecule has 0 saturated heterocycles. The standard InChI is InChI=1S/C26H19FN2O4S3/c1-17-3-11-22(12-4-17)35(30,31)25-26(36(32,33)23-13-5-18(2)6-14-23)34-24(29-25)20(16-28)15-19-7-9-21(27)10-8-19/h3-15H,1-2H3. The first-order valence-electron chi connectivity index (χ1n) is 10.5. The van der Waals surface area contributed by atoms with E-state index in [0.717, 1.165) is 11.1 Å². The van der Waals surface area contributed by atoms with Crippen molar-refractivity contribution in [2.24, 2.45) is 0 Å². The Balaban J connectivity index is 1.95. The van der Waals surface area contributed by atoms with Gasteiger partial charge in [0.15, 0.2) is 9.24 Å². The number of nitriles is 1. The zero-order valence-corrected chi connectivity index (χ0v) is 21.6. The molecule has 3 aromatic carbocycles. The largest absolute Gasteiger partial charge is 0.226 e. The summed E-state index contributed by atoms with van der Waals surface area (Å²) < 4.78 is 67.1. The molecular weight excluding hydrogens is 519 g/mol. The third kappa shape index (κ3) is 4.99. The maximum absolute atomic E-state index is 13.6. The lowest BCUT2D eigenvalue weighted by atomic mass is 10.1. The first-order valence-corrected chi connectivity index (χ1v) is 14.3. The van der Waals surface area contributed by atoms with E-state index in [9.17, 15) is 26.5 Å². The summed E-state index contributed by atoms with van der Waals surface area (Å²) in [6, 6.07) is 19.2. The molecule has 10 heteroatoms. The molecule has 1 aromatic heterocycles. The lowest BCUT2D eigenvalue weighted by Crippen LogP contribution is -2.09. The molecular formula is C26H19FN2O4S3. The van der Waals surface area contributed by atoms with Gasteiger partial charge in [0, 0.05) is 0 Å². The lowest BCUT2D eigenvalue weighted by molar-refractivity contribution is 0.581. The molecule has 0 spiro atoms. The van der Waals surface area contributed by atoms with Gasteiger partial charge < -0.3 is 0 Å². The van der Waals surface area contributed by atoms with E-state index >= 15 is 0 Å². The molecule has 0 fully saturated rings. The van der Waals surface area contributed by atoms with Gasteiger partial charge in [0.2, 0.25) is 19.7 Å². The van der Waals surface area contributed by atoms with Crippen LogP contribution in [0.3, 0.4) is 0 Å². The first kappa shape index (κ1) is 25.4. The van der Waals surface area contributed by atoms with Crippen LogP contribution in [0.5, 0.6) is 0 Å². The molecule has 0 unspecified atom stereocenters. The van der Waals surface area contributed by atoms with E-state index in [4.69, 9.17) is 0 Å². The van der Waals surface area contributed by atoms with Crippen molar-refractivity contribution in [1.29, 1.82) is 5.26 Å². The van der Waals surface area contributed by atoms with Gasteiger partial charge >= 0.3 is 0 Å². The van der Waals surface area contributed by atoms with Crippen molar-refractivity contribution in [3.05, 3.63) is 100 Å². The smallest absolute Gasteiger partial charge is 0.222 e. The number of rotatable bonds is 6. The summed E-state index contributed by atoms with van der Waals surface area (Å²) in [5.41, 5.74) is 2.07. The van der Waals surface area contributed by atoms with E-state index in [2.05, 4.69) is 4.98 Å². The van der Waals surface area contributed by atoms with Gasteiger partial charge in [0.1, 0.15) is 16.9 Å². The van der Waals surface area contributed by atoms with Gasteiger partial charge in [-0.05, 0) is 61.9 Å². The number of nitrogens with zero attached hydrogens (tertiary/aromatic N) is 2. The third-order valence-corrected chi connectivity index (χ3v) is 10.6. The number of hydrogen-bond acceptors (Lipinski definition) is 7. The predicted molar refractivity (Wildman–Crippen MR) is 135 cm³/mol. The average Bonchev–Trinajstić information content (AvgIpc) is 3.31. The Morgan fingerprint density at radius 2 is 1.33 bits per heavy atom. The summed E-state index contributed by atoms with van der Waals surface area (Å²) in [4.78, 5) is 3.95. The summed E-state index contributed by atoms with van der Waals surface area (Å²) in [5.74, 6) is -0.460. The molecule has 0 radical (unpaired) electrons. The molecule has 0 aliphatic carbocycles. The van der Waals surface area contributed by atoms with Crippen molar-refractivity contribution >= 4 is 42.7 Å². The minimum atomic E-state index is -4.35. The third-order valence-electron chi connectivity index (χ3n) is 5.26. The quantitative estimate of drug-likeness (QED) is 0.295. The molecule has 0 bridgehead atoms. The molecule has 0 atom stereocenters. The van der Waals surface area contributed by atoms with Crippen molar-refractivity contribution in [2.75, 3.05) is 0 Å². The molecule has 6 nitrogen and oxygen atoms in total. The Bertz CT molecular complexity index is 1620. The maximum atomic E-state index is 13.6. The number of aryl methyl sites for hydroxylation is 2. The van der Waals surface area contributed by atoms with Crippen molar-refractivity contribution in [3.8, 4) is 6.07 Å². The number of hydrogen-bond donors (Lipinski definition) is 0. The SMILES string of the molecule is Cc1ccc(S(=O)(=O)c2nc(C(C#N)=Cc3ccc(F)cc3)sc2S(=O)(=O)c2ccc(C)cc2)cc1. The van der Waals surface area contributed by atoms with Crippen LogP contribution in [0.25, 0.3) is 11.6 Å². The molecule has 0 amide bonds. The van der Waals surface area contributed by atoms with Crippen LogP contribution < -0.4 is 0 Å². The highest BCUT2D eigenvalue weighted by molar-refractivity contribution is 7.96. The van der Waals surface area contributed by atoms with Crippen molar-refractivity contribution in [1.82, 2.24) is 4.98 Å². The second-order valence-corrected chi connectivity index (χ2v) is 13.0. The fourth-order valence-corrected chi connectivity index (χ4v) is 8.19. The summed E-state index contributed by atoms with van der Waals surface area (Å²) in [7, 11) is -8.65. The Morgan fingerprint density at radius 3 is 1.83 bits per heavy atom. The molecule has 0 aliphatic heterocycles. The normalized spacial score (nSPS) is 12.3. The topological polar surface area (TPSA) is 105 Å². The van der Waals surface area contributed by atoms with Crippen molar-refractivity contribution in [2.45, 2.75) is 32.9 Å². The average molecular weight is 539 g/mol. The molecule has 1 heterocycles. The highest BCUT2D eigenvalue weighted by atomic mass is 32.2. The van der Waals surface area contributed by atoms with Crippen LogP contribution >= 0.6 is 11.3 Å². The minimum absolute atomic E-state index is 0.0580. The maximum Gasteiger partial charge on any atom is 0.226 e. The number of aromatic nitrogens is 1. The van der Waals surface area contributed by atoms with Crippen LogP contribution in [-0.4, -0.2) is 21.8 Å². The van der Waals surface area contributed by atoms with Gasteiger partial charge in [0.05, 0.1) is 15.4 Å². The molecule has 0 saturated carbocycles. The molecule has 36 heavy (non-hydrogen) atoms. The summed E-state index contributed by atoms with van der Waals surface area (Å²) in [6.45, 7) is 3.60. The number of halogens is 1. The summed E-state index contributed by atoms with van der Waals surface area (Å²) in [6.07, 6.45) is 1.39. The number of thiazole rings is 1. The Labute approximate surface area is 212 Å². The molecule has 4 aromatic rings. The fourth-order valence-electron chi connectivity index (χ4n) is 3.27. The first-order chi connectivity index (χ1) is 17.0. The molecule has 4 rings (SSSR count). The lowest BCUT2D eigenvalue weighted by Gasteiger charge is -2.07. The Morgan fingerprint density at radius 1 is 0.833 bits per heavy atom. The highest BCUT2D eigenvalue weighted by Gasteiger charge is 2.34. The molecule has 182 valence electrons. The Kier molecular flexibility index (Phi) is 6.91. The van der Waals surface area contributed by atoms with Gasteiger partial charge in [-0.3, -0.25) is 0 Å². The van der Waals surface area contributed by atoms with Crippen LogP contribution in [0.15, 0.2) is 91.8 Å². The van der Waals surface area contributed by atoms with E-state index in [1.54, 1.807) is 38.1 Å². The van der Waals surface area contributed by atoms with Crippen molar-refractivity contribution in [3.63, 3.8) is 0 Å². The minimum Gasteiger partial charge on any atom is -0.222 e. The van der Waals surface area contributed by atoms with Gasteiger partial charge in [-0.1, -0.05) is 58.9 Å². The zero-order valence-electron chi connectivity index (χ0n) is 19.1. The number of allylic oxidation sites excluding steroid dienone is 1. The van der Waals surface area contributed by atoms with Crippen LogP contribution in [-0.2, 0) is 19.7 Å². The van der Waals surface area contributed by atoms with Gasteiger partial charge in [0.25, 0.3) is 0 Å². The van der Waals surface area contributed by atoms with E-state index in [0.29, 0.717) is 16.9 Å². The van der Waals surface area contributed by atoms with Crippen LogP contribution in [0.1, 0.15) is 21.7 Å². The summed E-state index contributed by atoms with van der Waals surface area (Å²) in [5, 5.41) is 9.04.